The molecule has 28 heavy (non-hydrogen) atoms. The number of aliphatic carboxylic acids is 2. The Hall–Kier alpha value is -2.62. The number of benzene rings is 1. The van der Waals surface area contributed by atoms with Crippen LogP contribution >= 0.6 is 0 Å². The van der Waals surface area contributed by atoms with E-state index < -0.39 is 23.7 Å². The van der Waals surface area contributed by atoms with E-state index in [1.165, 1.54) is 25.0 Å². The Morgan fingerprint density at radius 3 is 2.07 bits per heavy atom. The summed E-state index contributed by atoms with van der Waals surface area (Å²) in [6.45, 7) is 2.65. The number of carboxylic acid groups (broad SMARTS) is 2. The van der Waals surface area contributed by atoms with Crippen molar-refractivity contribution in [1.29, 1.82) is 0 Å². The zero-order valence-corrected chi connectivity index (χ0v) is 15.2. The Labute approximate surface area is 160 Å². The number of nitrogens with one attached hydrogen (secondary N) is 1. The molecule has 1 heterocycles. The average molecular weight is 404 g/mol. The van der Waals surface area contributed by atoms with Gasteiger partial charge in [0.1, 0.15) is 0 Å². The second-order valence-corrected chi connectivity index (χ2v) is 6.24. The number of hydrogen-bond acceptors (Lipinski definition) is 4. The van der Waals surface area contributed by atoms with E-state index in [0.717, 1.165) is 38.1 Å². The smallest absolute Gasteiger partial charge is 0.416 e. The molecule has 1 saturated heterocycles. The minimum absolute atomic E-state index is 0.190. The van der Waals surface area contributed by atoms with Crippen LogP contribution in [0.4, 0.5) is 18.9 Å². The van der Waals surface area contributed by atoms with Crippen LogP contribution in [0.15, 0.2) is 24.3 Å². The zero-order chi connectivity index (χ0) is 21.2. The minimum atomic E-state index is -4.40. The van der Waals surface area contributed by atoms with Gasteiger partial charge in [-0.1, -0.05) is 18.9 Å². The number of halogens is 3. The molecule has 3 N–H and O–H groups in total. The van der Waals surface area contributed by atoms with Gasteiger partial charge in [-0.2, -0.15) is 13.2 Å². The van der Waals surface area contributed by atoms with Crippen molar-refractivity contribution in [2.45, 2.75) is 38.3 Å². The molecule has 0 bridgehead atoms. The van der Waals surface area contributed by atoms with E-state index in [1.54, 1.807) is 0 Å². The first-order valence-corrected chi connectivity index (χ1v) is 8.75. The molecule has 1 aromatic rings. The fourth-order valence-corrected chi connectivity index (χ4v) is 2.62. The highest BCUT2D eigenvalue weighted by Crippen LogP contribution is 2.30. The third-order valence-corrected chi connectivity index (χ3v) is 4.01. The lowest BCUT2D eigenvalue weighted by Gasteiger charge is -2.19. The molecular weight excluding hydrogens is 381 g/mol. The minimum Gasteiger partial charge on any atom is -0.473 e. The maximum Gasteiger partial charge on any atom is 0.416 e. The Morgan fingerprint density at radius 1 is 1.00 bits per heavy atom. The molecule has 1 aliphatic heterocycles. The van der Waals surface area contributed by atoms with Gasteiger partial charge in [-0.15, -0.1) is 0 Å². The molecule has 0 aliphatic carbocycles. The van der Waals surface area contributed by atoms with Gasteiger partial charge in [-0.3, -0.25) is 4.79 Å². The van der Waals surface area contributed by atoms with Gasteiger partial charge in [0.15, 0.2) is 0 Å². The number of carbonyl (C=O) groups is 3. The maximum atomic E-state index is 12.6. The van der Waals surface area contributed by atoms with E-state index in [-0.39, 0.29) is 11.6 Å². The summed E-state index contributed by atoms with van der Waals surface area (Å²) in [5, 5.41) is 17.3. The number of hydrogen-bond donors (Lipinski definition) is 3. The molecule has 1 amide bonds. The quantitative estimate of drug-likeness (QED) is 0.666. The number of carboxylic acids is 2. The highest BCUT2D eigenvalue weighted by Gasteiger charge is 2.30. The van der Waals surface area contributed by atoms with Crippen molar-refractivity contribution in [3.63, 3.8) is 0 Å². The van der Waals surface area contributed by atoms with E-state index in [1.807, 2.05) is 0 Å². The normalized spacial score (nSPS) is 15.0. The largest absolute Gasteiger partial charge is 0.473 e. The summed E-state index contributed by atoms with van der Waals surface area (Å²) in [7, 11) is 0. The third-order valence-electron chi connectivity index (χ3n) is 4.01. The number of amides is 1. The number of nitrogens with zero attached hydrogens (tertiary/aromatic N) is 1. The van der Waals surface area contributed by atoms with E-state index in [2.05, 4.69) is 10.2 Å². The summed E-state index contributed by atoms with van der Waals surface area (Å²) in [6, 6.07) is 4.73. The van der Waals surface area contributed by atoms with Gasteiger partial charge in [0, 0.05) is 18.7 Å². The summed E-state index contributed by atoms with van der Waals surface area (Å²) >= 11 is 0. The first-order valence-electron chi connectivity index (χ1n) is 8.75. The van der Waals surface area contributed by atoms with Crippen LogP contribution < -0.4 is 5.32 Å². The molecule has 0 atom stereocenters. The fraction of sp³-hybridized carbons (Fsp3) is 0.500. The topological polar surface area (TPSA) is 107 Å². The third kappa shape index (κ3) is 9.36. The molecule has 2 rings (SSSR count). The van der Waals surface area contributed by atoms with E-state index >= 15 is 0 Å². The first kappa shape index (κ1) is 23.4. The fourth-order valence-electron chi connectivity index (χ4n) is 2.62. The number of carbonyl (C=O) groups excluding carboxylic acids is 1. The highest BCUT2D eigenvalue weighted by molar-refractivity contribution is 6.27. The molecule has 10 heteroatoms. The van der Waals surface area contributed by atoms with Gasteiger partial charge in [-0.05, 0) is 44.1 Å². The molecule has 7 nitrogen and oxygen atoms in total. The maximum absolute atomic E-state index is 12.6. The van der Waals surface area contributed by atoms with Gasteiger partial charge in [0.25, 0.3) is 0 Å². The molecule has 156 valence electrons. The summed E-state index contributed by atoms with van der Waals surface area (Å²) in [5.74, 6) is -3.89. The molecule has 0 saturated carbocycles. The summed E-state index contributed by atoms with van der Waals surface area (Å²) in [6.07, 6.45) is 0.660. The van der Waals surface area contributed by atoms with Crippen molar-refractivity contribution >= 4 is 23.5 Å². The SMILES string of the molecule is O=C(CCN1CCCCCC1)Nc1cccc(C(F)(F)F)c1.O=C(O)C(=O)O. The van der Waals surface area contributed by atoms with Crippen LogP contribution in [0, 0.1) is 0 Å². The second-order valence-electron chi connectivity index (χ2n) is 6.24. The summed E-state index contributed by atoms with van der Waals surface area (Å²) < 4.78 is 37.8. The van der Waals surface area contributed by atoms with Gasteiger partial charge < -0.3 is 20.4 Å². The van der Waals surface area contributed by atoms with Crippen molar-refractivity contribution in [2.24, 2.45) is 0 Å². The zero-order valence-electron chi connectivity index (χ0n) is 15.2. The van der Waals surface area contributed by atoms with Gasteiger partial charge in [-0.25, -0.2) is 9.59 Å². The Balaban J connectivity index is 0.000000568. The van der Waals surface area contributed by atoms with Crippen molar-refractivity contribution in [1.82, 2.24) is 4.90 Å². The standard InChI is InChI=1S/C16H21F3N2O.C2H2O4/c17-16(18,19)13-6-5-7-14(12-13)20-15(22)8-11-21-9-3-1-2-4-10-21;3-1(4)2(5)6/h5-7,12H,1-4,8-11H2,(H,20,22);(H,3,4)(H,5,6). The Morgan fingerprint density at radius 2 is 1.57 bits per heavy atom. The molecule has 0 aromatic heterocycles. The Kier molecular flexibility index (Phi) is 9.43. The van der Waals surface area contributed by atoms with Gasteiger partial charge in [0.05, 0.1) is 5.56 Å². The molecule has 1 aromatic carbocycles. The molecule has 1 fully saturated rings. The second kappa shape index (κ2) is 11.3. The van der Waals surface area contributed by atoms with Crippen molar-refractivity contribution < 1.29 is 37.8 Å². The van der Waals surface area contributed by atoms with Gasteiger partial charge in [0.2, 0.25) is 5.91 Å². The lowest BCUT2D eigenvalue weighted by Crippen LogP contribution is -2.28. The van der Waals surface area contributed by atoms with Crippen LogP contribution in [0.2, 0.25) is 0 Å². The van der Waals surface area contributed by atoms with Crippen LogP contribution in [0.3, 0.4) is 0 Å². The molecule has 0 spiro atoms. The molecule has 0 radical (unpaired) electrons. The number of rotatable bonds is 4. The van der Waals surface area contributed by atoms with Crippen molar-refractivity contribution in [3.05, 3.63) is 29.8 Å². The highest BCUT2D eigenvalue weighted by atomic mass is 19.4. The number of alkyl halides is 3. The molecule has 0 unspecified atom stereocenters. The van der Waals surface area contributed by atoms with Crippen LogP contribution in [0.1, 0.15) is 37.7 Å². The lowest BCUT2D eigenvalue weighted by molar-refractivity contribution is -0.159. The van der Waals surface area contributed by atoms with E-state index in [0.29, 0.717) is 13.0 Å². The number of anilines is 1. The average Bonchev–Trinajstić information content (AvgIpc) is 2.89. The van der Waals surface area contributed by atoms with Crippen LogP contribution in [0.5, 0.6) is 0 Å². The molecule has 1 aliphatic rings. The van der Waals surface area contributed by atoms with Crippen LogP contribution in [0.25, 0.3) is 0 Å². The van der Waals surface area contributed by atoms with Crippen molar-refractivity contribution in [3.8, 4) is 0 Å². The Bertz CT molecular complexity index is 659. The predicted molar refractivity (Wildman–Crippen MR) is 94.9 cm³/mol. The lowest BCUT2D eigenvalue weighted by atomic mass is 10.2. The predicted octanol–water partition coefficient (Wildman–Crippen LogP) is 3.07. The first-order chi connectivity index (χ1) is 13.1. The van der Waals surface area contributed by atoms with Crippen LogP contribution in [-0.4, -0.2) is 52.6 Å². The van der Waals surface area contributed by atoms with E-state index in [4.69, 9.17) is 19.8 Å². The van der Waals surface area contributed by atoms with Crippen LogP contribution in [-0.2, 0) is 20.6 Å². The number of likely N-dealkylation sites (tertiary alicyclic amines) is 1. The monoisotopic (exact) mass is 404 g/mol. The van der Waals surface area contributed by atoms with Crippen molar-refractivity contribution in [2.75, 3.05) is 25.0 Å². The van der Waals surface area contributed by atoms with Gasteiger partial charge >= 0.3 is 18.1 Å². The summed E-state index contributed by atoms with van der Waals surface area (Å²) in [4.78, 5) is 32.3. The summed E-state index contributed by atoms with van der Waals surface area (Å²) in [5.41, 5.74) is -0.562. The molecular formula is C18H23F3N2O5. The van der Waals surface area contributed by atoms with E-state index in [9.17, 15) is 18.0 Å².